The number of hydrogen-bond donors (Lipinski definition) is 2. The summed E-state index contributed by atoms with van der Waals surface area (Å²) in [7, 11) is 1.47. The van der Waals surface area contributed by atoms with Crippen molar-refractivity contribution in [2.24, 2.45) is 0 Å². The van der Waals surface area contributed by atoms with Crippen LogP contribution in [0.5, 0.6) is 0 Å². The highest BCUT2D eigenvalue weighted by Crippen LogP contribution is 2.43. The first-order valence-corrected chi connectivity index (χ1v) is 34.2. The Morgan fingerprint density at radius 3 is 1.20 bits per heavy atom. The van der Waals surface area contributed by atoms with Crippen molar-refractivity contribution in [3.05, 3.63) is 109 Å². The van der Waals surface area contributed by atoms with Crippen LogP contribution in [0.15, 0.2) is 109 Å². The highest BCUT2D eigenvalue weighted by Gasteiger charge is 2.30. The summed E-state index contributed by atoms with van der Waals surface area (Å²) in [5, 5.41) is 3.05. The minimum absolute atomic E-state index is 0.0322. The molecule has 2 N–H and O–H groups in total. The number of rotatable bonds is 58. The van der Waals surface area contributed by atoms with E-state index in [-0.39, 0.29) is 31.5 Å². The van der Waals surface area contributed by atoms with Gasteiger partial charge in [-0.05, 0) is 109 Å². The molecule has 0 bridgehead atoms. The standard InChI is InChI=1S/C70H123N2O7P/c1-7-10-13-16-19-22-25-28-30-31-32-33-34-35-36-37-38-39-40-41-42-44-47-50-53-56-59-62-69(73)71-67(66-78-80(75,76)77-65-64-72(4,5)6)68(61-58-55-52-49-46-43-27-24-21-18-15-12-9-3)79-70(74)63-60-57-54-51-48-45-29-26-23-20-17-14-11-8-2/h10-11,13-14,19-20,22-23,28,30,32-33,35-36,38-39,58,61,67-68H,7-9,12,15-18,21,24-27,29,31,34,37,40-57,59-60,62-66H2,1-6H3,(H-,71,73,75,76)/p+1/b13-10-,14-11+,22-19-,23-20+,30-28-,33-32-,36-35-,39-38-,61-58-. The van der Waals surface area contributed by atoms with Gasteiger partial charge in [-0.25, -0.2) is 4.57 Å². The summed E-state index contributed by atoms with van der Waals surface area (Å²) >= 11 is 0. The number of likely N-dealkylation sites (N-methyl/N-ethyl adjacent to an activating group) is 1. The molecule has 0 aliphatic carbocycles. The predicted octanol–water partition coefficient (Wildman–Crippen LogP) is 20.5. The number of hydrogen-bond acceptors (Lipinski definition) is 6. The second-order valence-electron chi connectivity index (χ2n) is 22.9. The summed E-state index contributed by atoms with van der Waals surface area (Å²) < 4.78 is 30.7. The monoisotopic (exact) mass is 1140 g/mol. The van der Waals surface area contributed by atoms with Crippen molar-refractivity contribution < 1.29 is 37.3 Å². The third-order valence-electron chi connectivity index (χ3n) is 14.0. The van der Waals surface area contributed by atoms with Crippen LogP contribution in [-0.4, -0.2) is 74.3 Å². The maximum Gasteiger partial charge on any atom is 0.472 e. The molecule has 0 saturated heterocycles. The Morgan fingerprint density at radius 1 is 0.450 bits per heavy atom. The zero-order chi connectivity index (χ0) is 58.6. The lowest BCUT2D eigenvalue weighted by Crippen LogP contribution is -2.47. The van der Waals surface area contributed by atoms with Crippen molar-refractivity contribution in [1.29, 1.82) is 0 Å². The van der Waals surface area contributed by atoms with E-state index < -0.39 is 20.0 Å². The average molecular weight is 1140 g/mol. The predicted molar refractivity (Wildman–Crippen MR) is 346 cm³/mol. The first-order chi connectivity index (χ1) is 38.9. The lowest BCUT2D eigenvalue weighted by Gasteiger charge is -2.27. The Hall–Kier alpha value is -3.33. The van der Waals surface area contributed by atoms with E-state index in [0.717, 1.165) is 135 Å². The summed E-state index contributed by atoms with van der Waals surface area (Å²) in [6.07, 6.45) is 80.9. The minimum atomic E-state index is -4.46. The van der Waals surface area contributed by atoms with E-state index in [1.807, 2.05) is 33.3 Å². The molecule has 80 heavy (non-hydrogen) atoms. The van der Waals surface area contributed by atoms with Crippen molar-refractivity contribution in [1.82, 2.24) is 5.32 Å². The minimum Gasteiger partial charge on any atom is -0.456 e. The molecular weight excluding hydrogens is 1010 g/mol. The van der Waals surface area contributed by atoms with Gasteiger partial charge >= 0.3 is 13.8 Å². The molecule has 0 aromatic rings. The third kappa shape index (κ3) is 59.3. The number of unbranched alkanes of at least 4 members (excludes halogenated alkanes) is 26. The van der Waals surface area contributed by atoms with Crippen LogP contribution < -0.4 is 5.32 Å². The number of phosphoric ester groups is 1. The number of nitrogens with zero attached hydrogens (tertiary/aromatic N) is 1. The molecule has 0 heterocycles. The zero-order valence-corrected chi connectivity index (χ0v) is 53.4. The molecule has 460 valence electrons. The fourth-order valence-corrected chi connectivity index (χ4v) is 9.72. The third-order valence-corrected chi connectivity index (χ3v) is 14.9. The summed E-state index contributed by atoms with van der Waals surface area (Å²) in [6, 6.07) is -0.863. The molecule has 0 radical (unpaired) electrons. The van der Waals surface area contributed by atoms with Gasteiger partial charge in [0, 0.05) is 12.8 Å². The quantitative estimate of drug-likeness (QED) is 0.0205. The molecule has 0 saturated carbocycles. The Morgan fingerprint density at radius 2 is 0.800 bits per heavy atom. The van der Waals surface area contributed by atoms with Crippen LogP contribution in [0.1, 0.15) is 271 Å². The van der Waals surface area contributed by atoms with Crippen LogP contribution in [0.4, 0.5) is 0 Å². The summed E-state index contributed by atoms with van der Waals surface area (Å²) in [5.41, 5.74) is 0. The van der Waals surface area contributed by atoms with E-state index >= 15 is 0 Å². The normalized spacial score (nSPS) is 14.3. The van der Waals surface area contributed by atoms with Crippen LogP contribution in [-0.2, 0) is 27.9 Å². The molecule has 0 spiro atoms. The number of quaternary nitrogens is 1. The van der Waals surface area contributed by atoms with Gasteiger partial charge in [0.2, 0.25) is 5.91 Å². The summed E-state index contributed by atoms with van der Waals surface area (Å²) in [4.78, 5) is 37.8. The number of allylic oxidation sites excluding steroid dienone is 17. The highest BCUT2D eigenvalue weighted by molar-refractivity contribution is 7.47. The second kappa shape index (κ2) is 58.9. The molecular formula is C70H124N2O7P+. The Balaban J connectivity index is 5.15. The van der Waals surface area contributed by atoms with E-state index in [9.17, 15) is 19.0 Å². The summed E-state index contributed by atoms with van der Waals surface area (Å²) in [6.45, 7) is 6.78. The largest absolute Gasteiger partial charge is 0.472 e. The molecule has 1 amide bonds. The second-order valence-corrected chi connectivity index (χ2v) is 24.3. The summed E-state index contributed by atoms with van der Waals surface area (Å²) in [5.74, 6) is -0.527. The number of ether oxygens (including phenoxy) is 1. The van der Waals surface area contributed by atoms with Gasteiger partial charge in [-0.1, -0.05) is 259 Å². The van der Waals surface area contributed by atoms with E-state index in [2.05, 4.69) is 123 Å². The van der Waals surface area contributed by atoms with Crippen LogP contribution in [0.25, 0.3) is 0 Å². The molecule has 10 heteroatoms. The van der Waals surface area contributed by atoms with Gasteiger partial charge in [0.25, 0.3) is 0 Å². The number of carbonyl (C=O) groups excluding carboxylic acids is 2. The number of esters is 1. The van der Waals surface area contributed by atoms with Gasteiger partial charge in [0.1, 0.15) is 19.3 Å². The number of amides is 1. The van der Waals surface area contributed by atoms with Crippen LogP contribution in [0, 0.1) is 0 Å². The van der Waals surface area contributed by atoms with Crippen LogP contribution in [0.3, 0.4) is 0 Å². The molecule has 3 atom stereocenters. The van der Waals surface area contributed by atoms with Gasteiger partial charge in [0.15, 0.2) is 0 Å². The molecule has 0 aliphatic rings. The SMILES string of the molecule is CC/C=C\C/C=C\C/C=C\C/C=C\C/C=C\C/C=C\CCCCCCCCCCC(=O)NC(COP(=O)(O)OCC[N+](C)(C)C)C(/C=C\CCCCCCCCCCCCC)OC(=O)CCCCCCCCC/C=C/C/C=C/CC. The molecule has 0 aromatic carbocycles. The smallest absolute Gasteiger partial charge is 0.456 e. The van der Waals surface area contributed by atoms with Crippen LogP contribution in [0.2, 0.25) is 0 Å². The van der Waals surface area contributed by atoms with E-state index in [0.29, 0.717) is 17.4 Å². The van der Waals surface area contributed by atoms with Gasteiger partial charge in [-0.15, -0.1) is 0 Å². The maximum atomic E-state index is 13.6. The topological polar surface area (TPSA) is 111 Å². The van der Waals surface area contributed by atoms with Gasteiger partial charge in [0.05, 0.1) is 33.8 Å². The fraction of sp³-hybridized carbons (Fsp3) is 0.714. The van der Waals surface area contributed by atoms with E-state index in [1.54, 1.807) is 0 Å². The molecule has 0 fully saturated rings. The highest BCUT2D eigenvalue weighted by atomic mass is 31.2. The van der Waals surface area contributed by atoms with Crippen molar-refractivity contribution in [3.63, 3.8) is 0 Å². The lowest BCUT2D eigenvalue weighted by atomic mass is 10.0. The van der Waals surface area contributed by atoms with E-state index in [4.69, 9.17) is 13.8 Å². The van der Waals surface area contributed by atoms with Gasteiger partial charge in [-0.3, -0.25) is 18.6 Å². The van der Waals surface area contributed by atoms with Crippen molar-refractivity contribution in [2.75, 3.05) is 40.9 Å². The molecule has 0 aliphatic heterocycles. The number of nitrogens with one attached hydrogen (secondary N) is 1. The molecule has 3 unspecified atom stereocenters. The van der Waals surface area contributed by atoms with E-state index in [1.165, 1.54) is 103 Å². The lowest BCUT2D eigenvalue weighted by molar-refractivity contribution is -0.870. The zero-order valence-electron chi connectivity index (χ0n) is 52.5. The number of phosphoric acid groups is 1. The van der Waals surface area contributed by atoms with Crippen molar-refractivity contribution >= 4 is 19.7 Å². The Kier molecular flexibility index (Phi) is 56.4. The Labute approximate surface area is 493 Å². The van der Waals surface area contributed by atoms with Crippen molar-refractivity contribution in [3.8, 4) is 0 Å². The number of carbonyl (C=O) groups is 2. The maximum absolute atomic E-state index is 13.6. The van der Waals surface area contributed by atoms with Gasteiger partial charge in [-0.2, -0.15) is 0 Å². The molecule has 0 aromatic heterocycles. The van der Waals surface area contributed by atoms with Gasteiger partial charge < -0.3 is 19.4 Å². The van der Waals surface area contributed by atoms with Crippen molar-refractivity contribution in [2.45, 2.75) is 283 Å². The average Bonchev–Trinajstić information content (AvgIpc) is 3.42. The Bertz CT molecular complexity index is 1740. The first-order valence-electron chi connectivity index (χ1n) is 32.7. The van der Waals surface area contributed by atoms with Crippen LogP contribution >= 0.6 is 7.82 Å². The first kappa shape index (κ1) is 76.7. The molecule has 9 nitrogen and oxygen atoms in total. The fourth-order valence-electron chi connectivity index (χ4n) is 8.98. The molecule has 0 rings (SSSR count).